The predicted molar refractivity (Wildman–Crippen MR) is 44.2 cm³/mol. The van der Waals surface area contributed by atoms with Crippen LogP contribution in [0.25, 0.3) is 11.1 Å². The number of hydrogen-bond acceptors (Lipinski definition) is 2. The third-order valence-electron chi connectivity index (χ3n) is 1.77. The molecule has 0 unspecified atom stereocenters. The number of rotatable bonds is 1. The Bertz CT molecular complexity index is 357. The monoisotopic (exact) mass is 159 g/mol. The first-order valence-corrected chi connectivity index (χ1v) is 3.66. The normalized spacial score (nSPS) is 10.4. The summed E-state index contributed by atoms with van der Waals surface area (Å²) in [5.41, 5.74) is 2.46. The maximum Gasteiger partial charge on any atom is 0.160 e. The highest BCUT2D eigenvalue weighted by Crippen LogP contribution is 2.24. The van der Waals surface area contributed by atoms with E-state index in [4.69, 9.17) is 4.42 Å². The van der Waals surface area contributed by atoms with Gasteiger partial charge in [-0.2, -0.15) is 0 Å². The first-order chi connectivity index (χ1) is 5.77. The quantitative estimate of drug-likeness (QED) is 0.598. The minimum atomic E-state index is 0.0335. The molecule has 0 spiro atoms. The molecule has 1 heterocycles. The Hall–Kier alpha value is -1.57. The smallest absolute Gasteiger partial charge is 0.160 e. The zero-order valence-electron chi connectivity index (χ0n) is 6.63. The molecule has 2 heteroatoms. The molecule has 0 saturated carbocycles. The van der Waals surface area contributed by atoms with E-state index >= 15 is 0 Å². The molecule has 59 valence electrons. The Balaban J connectivity index is 2.63. The summed E-state index contributed by atoms with van der Waals surface area (Å²) in [6.45, 7) is 1.53. The number of ketones is 1. The molecule has 1 aliphatic heterocycles. The molecule has 0 aromatic carbocycles. The fourth-order valence-electron chi connectivity index (χ4n) is 1.13. The van der Waals surface area contributed by atoms with E-state index in [9.17, 15) is 4.79 Å². The largest absolute Gasteiger partial charge is 0.472 e. The van der Waals surface area contributed by atoms with Gasteiger partial charge in [-0.3, -0.25) is 4.79 Å². The molecular weight excluding hydrogens is 152 g/mol. The van der Waals surface area contributed by atoms with Gasteiger partial charge < -0.3 is 4.42 Å². The van der Waals surface area contributed by atoms with Gasteiger partial charge in [0.2, 0.25) is 0 Å². The maximum atomic E-state index is 11.0. The lowest BCUT2D eigenvalue weighted by Gasteiger charge is -1.91. The minimum absolute atomic E-state index is 0.0335. The molecular formula is C10H7O2. The SMILES string of the molecule is CC(=O)c1[c]c2coccc-2c1. The highest BCUT2D eigenvalue weighted by atomic mass is 16.3. The second kappa shape index (κ2) is 2.48. The van der Waals surface area contributed by atoms with Gasteiger partial charge in [0.15, 0.2) is 5.78 Å². The van der Waals surface area contributed by atoms with Gasteiger partial charge in [0, 0.05) is 17.2 Å². The van der Waals surface area contributed by atoms with Crippen LogP contribution in [-0.2, 0) is 0 Å². The molecule has 2 rings (SSSR count). The predicted octanol–water partition coefficient (Wildman–Crippen LogP) is 2.39. The Morgan fingerprint density at radius 1 is 1.58 bits per heavy atom. The first-order valence-electron chi connectivity index (χ1n) is 3.66. The van der Waals surface area contributed by atoms with Crippen molar-refractivity contribution in [1.29, 1.82) is 0 Å². The second-order valence-electron chi connectivity index (χ2n) is 2.66. The van der Waals surface area contributed by atoms with Crippen LogP contribution in [0.15, 0.2) is 29.1 Å². The molecule has 0 N–H and O–H groups in total. The van der Waals surface area contributed by atoms with Gasteiger partial charge in [-0.1, -0.05) is 0 Å². The molecule has 0 amide bonds. The molecule has 0 aromatic heterocycles. The van der Waals surface area contributed by atoms with Crippen molar-refractivity contribution in [2.75, 3.05) is 0 Å². The molecule has 0 fully saturated rings. The number of hydrogen-bond donors (Lipinski definition) is 0. The highest BCUT2D eigenvalue weighted by Gasteiger charge is 2.09. The van der Waals surface area contributed by atoms with Crippen molar-refractivity contribution >= 4 is 5.78 Å². The lowest BCUT2D eigenvalue weighted by Crippen LogP contribution is -1.85. The van der Waals surface area contributed by atoms with Gasteiger partial charge in [0.25, 0.3) is 0 Å². The lowest BCUT2D eigenvalue weighted by atomic mass is 10.2. The van der Waals surface area contributed by atoms with E-state index in [-0.39, 0.29) is 5.78 Å². The minimum Gasteiger partial charge on any atom is -0.472 e. The van der Waals surface area contributed by atoms with Crippen molar-refractivity contribution in [3.05, 3.63) is 36.3 Å². The van der Waals surface area contributed by atoms with E-state index in [2.05, 4.69) is 6.07 Å². The van der Waals surface area contributed by atoms with Crippen molar-refractivity contribution in [2.24, 2.45) is 0 Å². The standard InChI is InChI=1S/C10H7O2/c1-7(11)9-4-8-2-3-12-6-10(8)5-9/h2-4,6H,1H3. The average molecular weight is 159 g/mol. The van der Waals surface area contributed by atoms with Gasteiger partial charge in [0.05, 0.1) is 12.5 Å². The van der Waals surface area contributed by atoms with Gasteiger partial charge in [-0.05, 0) is 24.6 Å². The van der Waals surface area contributed by atoms with Crippen molar-refractivity contribution in [3.8, 4) is 11.1 Å². The van der Waals surface area contributed by atoms with Crippen LogP contribution in [0.2, 0.25) is 0 Å². The Labute approximate surface area is 70.2 Å². The van der Waals surface area contributed by atoms with Crippen LogP contribution in [0.1, 0.15) is 17.3 Å². The van der Waals surface area contributed by atoms with Crippen LogP contribution in [0, 0.1) is 6.07 Å². The van der Waals surface area contributed by atoms with Crippen LogP contribution in [-0.4, -0.2) is 5.78 Å². The third kappa shape index (κ3) is 1.01. The second-order valence-corrected chi connectivity index (χ2v) is 2.66. The molecule has 2 aliphatic rings. The topological polar surface area (TPSA) is 30.2 Å². The van der Waals surface area contributed by atoms with Crippen molar-refractivity contribution < 1.29 is 9.21 Å². The molecule has 0 saturated heterocycles. The molecule has 2 nitrogen and oxygen atoms in total. The van der Waals surface area contributed by atoms with Crippen LogP contribution in [0.3, 0.4) is 0 Å². The van der Waals surface area contributed by atoms with E-state index in [1.807, 2.05) is 12.1 Å². The van der Waals surface area contributed by atoms with Gasteiger partial charge in [-0.15, -0.1) is 0 Å². The summed E-state index contributed by atoms with van der Waals surface area (Å²) < 4.78 is 4.94. The van der Waals surface area contributed by atoms with Gasteiger partial charge in [0.1, 0.15) is 0 Å². The number of carbonyl (C=O) groups is 1. The maximum absolute atomic E-state index is 11.0. The van der Waals surface area contributed by atoms with Crippen molar-refractivity contribution in [3.63, 3.8) is 0 Å². The van der Waals surface area contributed by atoms with Crippen LogP contribution in [0.5, 0.6) is 0 Å². The summed E-state index contributed by atoms with van der Waals surface area (Å²) in [6, 6.07) is 6.58. The zero-order valence-corrected chi connectivity index (χ0v) is 6.63. The molecule has 1 radical (unpaired) electrons. The van der Waals surface area contributed by atoms with E-state index in [0.29, 0.717) is 5.56 Å². The van der Waals surface area contributed by atoms with Crippen molar-refractivity contribution in [1.82, 2.24) is 0 Å². The number of carbonyl (C=O) groups excluding carboxylic acids is 1. The Morgan fingerprint density at radius 3 is 3.08 bits per heavy atom. The summed E-state index contributed by atoms with van der Waals surface area (Å²) in [6.07, 6.45) is 3.17. The molecule has 12 heavy (non-hydrogen) atoms. The van der Waals surface area contributed by atoms with E-state index < -0.39 is 0 Å². The van der Waals surface area contributed by atoms with Crippen LogP contribution < -0.4 is 0 Å². The average Bonchev–Trinajstić information content (AvgIpc) is 2.46. The molecule has 1 aliphatic carbocycles. The molecule has 0 bridgehead atoms. The third-order valence-corrected chi connectivity index (χ3v) is 1.77. The van der Waals surface area contributed by atoms with Gasteiger partial charge in [-0.25, -0.2) is 0 Å². The van der Waals surface area contributed by atoms with Crippen LogP contribution in [0.4, 0.5) is 0 Å². The summed E-state index contributed by atoms with van der Waals surface area (Å²) in [5.74, 6) is 0.0335. The van der Waals surface area contributed by atoms with Crippen LogP contribution >= 0.6 is 0 Å². The zero-order chi connectivity index (χ0) is 8.55. The lowest BCUT2D eigenvalue weighted by molar-refractivity contribution is 0.101. The van der Waals surface area contributed by atoms with Gasteiger partial charge >= 0.3 is 0 Å². The Morgan fingerprint density at radius 2 is 2.42 bits per heavy atom. The Kier molecular flexibility index (Phi) is 1.47. The summed E-state index contributed by atoms with van der Waals surface area (Å²) in [5, 5.41) is 0. The summed E-state index contributed by atoms with van der Waals surface area (Å²) in [4.78, 5) is 11.0. The summed E-state index contributed by atoms with van der Waals surface area (Å²) >= 11 is 0. The fraction of sp³-hybridized carbons (Fsp3) is 0.100. The fourth-order valence-corrected chi connectivity index (χ4v) is 1.13. The van der Waals surface area contributed by atoms with E-state index in [0.717, 1.165) is 11.1 Å². The highest BCUT2D eigenvalue weighted by molar-refractivity contribution is 5.97. The molecule has 0 atom stereocenters. The summed E-state index contributed by atoms with van der Waals surface area (Å²) in [7, 11) is 0. The molecule has 0 aromatic rings. The first kappa shape index (κ1) is 7.10. The van der Waals surface area contributed by atoms with E-state index in [1.54, 1.807) is 12.5 Å². The number of Topliss-reactive ketones (excluding diaryl/α,β-unsaturated/α-hetero) is 1. The van der Waals surface area contributed by atoms with Crippen molar-refractivity contribution in [2.45, 2.75) is 6.92 Å². The number of fused-ring (bicyclic) bond motifs is 1. The van der Waals surface area contributed by atoms with E-state index in [1.165, 1.54) is 6.92 Å².